The Morgan fingerprint density at radius 1 is 1.11 bits per heavy atom. The Morgan fingerprint density at radius 2 is 1.82 bits per heavy atom. The summed E-state index contributed by atoms with van der Waals surface area (Å²) in [5.74, 6) is 0.0526. The third kappa shape index (κ3) is 5.09. The van der Waals surface area contributed by atoms with Crippen molar-refractivity contribution in [2.24, 2.45) is 0 Å². The highest BCUT2D eigenvalue weighted by Crippen LogP contribution is 2.47. The first kappa shape index (κ1) is 19.9. The third-order valence-electron chi connectivity index (χ3n) is 4.64. The molecule has 150 valence electrons. The molecule has 8 heteroatoms. The molecule has 2 aromatic rings. The summed E-state index contributed by atoms with van der Waals surface area (Å²) in [5, 5.41) is 5.45. The molecule has 0 spiro atoms. The van der Waals surface area contributed by atoms with Crippen LogP contribution in [-0.4, -0.2) is 32.5 Å². The zero-order chi connectivity index (χ0) is 20.2. The van der Waals surface area contributed by atoms with E-state index in [1.807, 2.05) is 30.3 Å². The first-order chi connectivity index (χ1) is 13.3. The Balaban J connectivity index is 1.59. The fourth-order valence-corrected chi connectivity index (χ4v) is 2.96. The van der Waals surface area contributed by atoms with Gasteiger partial charge in [0.15, 0.2) is 18.1 Å². The van der Waals surface area contributed by atoms with Gasteiger partial charge < -0.3 is 20.1 Å². The summed E-state index contributed by atoms with van der Waals surface area (Å²) in [6.45, 7) is -0.963. The summed E-state index contributed by atoms with van der Waals surface area (Å²) in [7, 11) is 1.33. The fourth-order valence-electron chi connectivity index (χ4n) is 2.96. The van der Waals surface area contributed by atoms with E-state index >= 15 is 0 Å². The van der Waals surface area contributed by atoms with Crippen molar-refractivity contribution in [2.45, 2.75) is 24.4 Å². The van der Waals surface area contributed by atoms with Gasteiger partial charge in [-0.15, -0.1) is 0 Å². The molecule has 1 aliphatic carbocycles. The predicted octanol–water partition coefficient (Wildman–Crippen LogP) is 4.49. The quantitative estimate of drug-likeness (QED) is 0.728. The molecule has 28 heavy (non-hydrogen) atoms. The van der Waals surface area contributed by atoms with Gasteiger partial charge in [0.25, 0.3) is 0 Å². The highest BCUT2D eigenvalue weighted by atomic mass is 19.4. The van der Waals surface area contributed by atoms with Crippen LogP contribution in [0.2, 0.25) is 0 Å². The van der Waals surface area contributed by atoms with Gasteiger partial charge in [0.1, 0.15) is 0 Å². The molecule has 0 aliphatic heterocycles. The van der Waals surface area contributed by atoms with Crippen molar-refractivity contribution < 1.29 is 27.4 Å². The van der Waals surface area contributed by atoms with Crippen molar-refractivity contribution in [1.82, 2.24) is 5.32 Å². The largest absolute Gasteiger partial charge is 0.493 e. The first-order valence-electron chi connectivity index (χ1n) is 8.79. The lowest BCUT2D eigenvalue weighted by atomic mass is 9.96. The number of carbonyl (C=O) groups excluding carboxylic acids is 1. The van der Waals surface area contributed by atoms with Crippen molar-refractivity contribution in [3.8, 4) is 11.5 Å². The smallest absolute Gasteiger partial charge is 0.422 e. The van der Waals surface area contributed by atoms with Crippen molar-refractivity contribution in [1.29, 1.82) is 0 Å². The highest BCUT2D eigenvalue weighted by molar-refractivity contribution is 5.89. The number of nitrogens with one attached hydrogen (secondary N) is 2. The van der Waals surface area contributed by atoms with Crippen LogP contribution < -0.4 is 20.1 Å². The number of benzene rings is 2. The van der Waals surface area contributed by atoms with E-state index in [0.29, 0.717) is 12.2 Å². The molecule has 5 nitrogen and oxygen atoms in total. The second kappa shape index (κ2) is 8.00. The Bertz CT molecular complexity index is 821. The molecule has 1 fully saturated rings. The molecule has 0 radical (unpaired) electrons. The number of alkyl halides is 3. The second-order valence-electron chi connectivity index (χ2n) is 6.72. The lowest BCUT2D eigenvalue weighted by Gasteiger charge is -2.17. The lowest BCUT2D eigenvalue weighted by Crippen LogP contribution is -2.35. The summed E-state index contributed by atoms with van der Waals surface area (Å²) in [6, 6.07) is 13.8. The van der Waals surface area contributed by atoms with Crippen LogP contribution in [0.5, 0.6) is 11.5 Å². The van der Waals surface area contributed by atoms with Gasteiger partial charge in [0, 0.05) is 23.7 Å². The molecule has 0 heterocycles. The molecule has 0 unspecified atom stereocenters. The van der Waals surface area contributed by atoms with Crippen LogP contribution in [0.3, 0.4) is 0 Å². The zero-order valence-corrected chi connectivity index (χ0v) is 15.3. The van der Waals surface area contributed by atoms with Crippen LogP contribution in [0.25, 0.3) is 0 Å². The Kier molecular flexibility index (Phi) is 5.67. The molecule has 2 aromatic carbocycles. The van der Waals surface area contributed by atoms with Gasteiger partial charge in [-0.2, -0.15) is 13.2 Å². The van der Waals surface area contributed by atoms with Crippen LogP contribution in [0.4, 0.5) is 23.7 Å². The molecule has 1 aliphatic rings. The lowest BCUT2D eigenvalue weighted by molar-refractivity contribution is -0.153. The van der Waals surface area contributed by atoms with Gasteiger partial charge in [-0.3, -0.25) is 0 Å². The summed E-state index contributed by atoms with van der Waals surface area (Å²) in [6.07, 6.45) is -2.48. The van der Waals surface area contributed by atoms with E-state index in [-0.39, 0.29) is 16.9 Å². The zero-order valence-electron chi connectivity index (χ0n) is 15.3. The summed E-state index contributed by atoms with van der Waals surface area (Å²) < 4.78 is 47.0. The average molecular weight is 394 g/mol. The summed E-state index contributed by atoms with van der Waals surface area (Å²) >= 11 is 0. The topological polar surface area (TPSA) is 59.6 Å². The van der Waals surface area contributed by atoms with Crippen LogP contribution in [-0.2, 0) is 5.41 Å². The average Bonchev–Trinajstić information content (AvgIpc) is 3.46. The van der Waals surface area contributed by atoms with E-state index in [1.165, 1.54) is 30.9 Å². The number of methoxy groups -OCH3 is 1. The molecule has 0 saturated heterocycles. The Morgan fingerprint density at radius 3 is 2.43 bits per heavy atom. The molecular weight excluding hydrogens is 373 g/mol. The number of hydrogen-bond donors (Lipinski definition) is 2. The molecule has 0 bridgehead atoms. The highest BCUT2D eigenvalue weighted by Gasteiger charge is 2.44. The van der Waals surface area contributed by atoms with E-state index in [1.54, 1.807) is 0 Å². The summed E-state index contributed by atoms with van der Waals surface area (Å²) in [4.78, 5) is 12.2. The van der Waals surface area contributed by atoms with Gasteiger partial charge in [0.2, 0.25) is 0 Å². The van der Waals surface area contributed by atoms with Gasteiger partial charge in [-0.05, 0) is 30.5 Å². The number of anilines is 1. The van der Waals surface area contributed by atoms with Gasteiger partial charge in [-0.1, -0.05) is 30.3 Å². The molecule has 2 amide bonds. The van der Waals surface area contributed by atoms with Crippen molar-refractivity contribution in [3.63, 3.8) is 0 Å². The number of carbonyl (C=O) groups is 1. The normalized spacial score (nSPS) is 14.9. The molecule has 3 rings (SSSR count). The van der Waals surface area contributed by atoms with Crippen LogP contribution in [0, 0.1) is 0 Å². The number of urea groups is 1. The number of rotatable bonds is 7. The first-order valence-corrected chi connectivity index (χ1v) is 8.79. The van der Waals surface area contributed by atoms with Crippen LogP contribution in [0.1, 0.15) is 18.4 Å². The van der Waals surface area contributed by atoms with Gasteiger partial charge in [-0.25, -0.2) is 4.79 Å². The van der Waals surface area contributed by atoms with Gasteiger partial charge in [0.05, 0.1) is 7.11 Å². The van der Waals surface area contributed by atoms with Crippen LogP contribution in [0.15, 0.2) is 48.5 Å². The fraction of sp³-hybridized carbons (Fsp3) is 0.350. The molecular formula is C20H21F3N2O3. The Labute approximate surface area is 160 Å². The molecule has 0 atom stereocenters. The van der Waals surface area contributed by atoms with Crippen molar-refractivity contribution in [3.05, 3.63) is 54.1 Å². The van der Waals surface area contributed by atoms with E-state index in [2.05, 4.69) is 10.6 Å². The predicted molar refractivity (Wildman–Crippen MR) is 98.9 cm³/mol. The maximum Gasteiger partial charge on any atom is 0.422 e. The minimum absolute atomic E-state index is 0.0422. The SMILES string of the molecule is COc1ccc(NC(=O)NCC2(c3ccccc3)CC2)cc1OCC(F)(F)F. The van der Waals surface area contributed by atoms with E-state index < -0.39 is 18.8 Å². The number of amides is 2. The number of halogens is 3. The molecule has 0 aromatic heterocycles. The maximum atomic E-state index is 12.4. The van der Waals surface area contributed by atoms with E-state index in [0.717, 1.165) is 12.8 Å². The number of ether oxygens (including phenoxy) is 2. The molecule has 2 N–H and O–H groups in total. The van der Waals surface area contributed by atoms with E-state index in [9.17, 15) is 18.0 Å². The second-order valence-corrected chi connectivity index (χ2v) is 6.72. The number of hydrogen-bond acceptors (Lipinski definition) is 3. The minimum Gasteiger partial charge on any atom is -0.493 e. The molecule has 1 saturated carbocycles. The standard InChI is InChI=1S/C20H21F3N2O3/c1-27-16-8-7-15(11-17(16)28-13-20(21,22)23)25-18(26)24-12-19(9-10-19)14-5-3-2-4-6-14/h2-8,11H,9-10,12-13H2,1H3,(H2,24,25,26). The third-order valence-corrected chi connectivity index (χ3v) is 4.64. The van der Waals surface area contributed by atoms with E-state index in [4.69, 9.17) is 9.47 Å². The Hall–Kier alpha value is -2.90. The van der Waals surface area contributed by atoms with Crippen molar-refractivity contribution in [2.75, 3.05) is 25.6 Å². The van der Waals surface area contributed by atoms with Crippen molar-refractivity contribution >= 4 is 11.7 Å². The monoisotopic (exact) mass is 394 g/mol. The maximum absolute atomic E-state index is 12.4. The summed E-state index contributed by atoms with van der Waals surface area (Å²) in [5.41, 5.74) is 1.45. The van der Waals surface area contributed by atoms with Crippen LogP contribution >= 0.6 is 0 Å². The minimum atomic E-state index is -4.47. The van der Waals surface area contributed by atoms with Gasteiger partial charge >= 0.3 is 12.2 Å².